The summed E-state index contributed by atoms with van der Waals surface area (Å²) in [5.74, 6) is 0.527. The predicted molar refractivity (Wildman–Crippen MR) is 116 cm³/mol. The molecule has 4 aromatic rings. The third-order valence-corrected chi connectivity index (χ3v) is 4.70. The van der Waals surface area contributed by atoms with Gasteiger partial charge >= 0.3 is 0 Å². The van der Waals surface area contributed by atoms with Crippen LogP contribution in [0.4, 0.5) is 11.4 Å². The Morgan fingerprint density at radius 3 is 2.58 bits per heavy atom. The zero-order valence-corrected chi connectivity index (χ0v) is 16.9. The molecule has 4 rings (SSSR count). The number of hydrogen-bond donors (Lipinski definition) is 1. The van der Waals surface area contributed by atoms with Gasteiger partial charge in [-0.25, -0.2) is 4.98 Å². The quantitative estimate of drug-likeness (QED) is 0.348. The number of nitrogens with one attached hydrogen (secondary N) is 1. The smallest absolute Gasteiger partial charge is 0.269 e. The molecule has 0 aliphatic carbocycles. The number of anilines is 1. The maximum Gasteiger partial charge on any atom is 0.269 e. The van der Waals surface area contributed by atoms with Crippen molar-refractivity contribution in [1.82, 2.24) is 4.98 Å². The number of hydrogen-bond acceptors (Lipinski definition) is 6. The number of rotatable bonds is 6. The van der Waals surface area contributed by atoms with E-state index >= 15 is 0 Å². The summed E-state index contributed by atoms with van der Waals surface area (Å²) in [4.78, 5) is 26.9. The van der Waals surface area contributed by atoms with Crippen molar-refractivity contribution < 1.29 is 18.9 Å². The van der Waals surface area contributed by atoms with E-state index < -0.39 is 4.92 Å². The van der Waals surface area contributed by atoms with Crippen molar-refractivity contribution >= 4 is 28.4 Å². The summed E-state index contributed by atoms with van der Waals surface area (Å²) in [7, 11) is 0. The number of ether oxygens (including phenoxy) is 1. The van der Waals surface area contributed by atoms with Crippen molar-refractivity contribution in [3.05, 3.63) is 81.9 Å². The zero-order chi connectivity index (χ0) is 22.0. The minimum Gasteiger partial charge on any atom is -0.484 e. The number of aryl methyl sites for hydroxylation is 2. The summed E-state index contributed by atoms with van der Waals surface area (Å²) >= 11 is 0. The van der Waals surface area contributed by atoms with E-state index in [-0.39, 0.29) is 18.2 Å². The van der Waals surface area contributed by atoms with E-state index in [2.05, 4.69) is 16.4 Å². The van der Waals surface area contributed by atoms with E-state index in [0.29, 0.717) is 28.4 Å². The first kappa shape index (κ1) is 20.1. The van der Waals surface area contributed by atoms with Crippen molar-refractivity contribution in [3.63, 3.8) is 0 Å². The molecule has 8 heteroatoms. The summed E-state index contributed by atoms with van der Waals surface area (Å²) in [5.41, 5.74) is 4.92. The fraction of sp³-hybridized carbons (Fsp3) is 0.130. The molecule has 0 atom stereocenters. The average Bonchev–Trinajstić information content (AvgIpc) is 3.15. The SMILES string of the molecule is Cc1ccc(-c2nc3cc(NC(=O)COc4ccc([N+](=O)[O-])cc4)ccc3o2)c(C)c1. The van der Waals surface area contributed by atoms with Gasteiger partial charge in [0.15, 0.2) is 12.2 Å². The fourth-order valence-electron chi connectivity index (χ4n) is 3.18. The molecule has 0 saturated carbocycles. The first-order valence-electron chi connectivity index (χ1n) is 9.54. The van der Waals surface area contributed by atoms with E-state index in [0.717, 1.165) is 11.1 Å². The van der Waals surface area contributed by atoms with Crippen molar-refractivity contribution in [3.8, 4) is 17.2 Å². The summed E-state index contributed by atoms with van der Waals surface area (Å²) in [5, 5.41) is 13.4. The Morgan fingerprint density at radius 1 is 1.10 bits per heavy atom. The van der Waals surface area contributed by atoms with Crippen LogP contribution in [0, 0.1) is 24.0 Å². The van der Waals surface area contributed by atoms with Crippen molar-refractivity contribution in [2.75, 3.05) is 11.9 Å². The van der Waals surface area contributed by atoms with E-state index in [1.807, 2.05) is 26.0 Å². The van der Waals surface area contributed by atoms with Crippen molar-refractivity contribution in [2.45, 2.75) is 13.8 Å². The Bertz CT molecular complexity index is 1280. The van der Waals surface area contributed by atoms with Crippen LogP contribution < -0.4 is 10.1 Å². The second-order valence-electron chi connectivity index (χ2n) is 7.11. The van der Waals surface area contributed by atoms with Crippen LogP contribution in [0.3, 0.4) is 0 Å². The molecule has 0 aliphatic heterocycles. The third kappa shape index (κ3) is 4.53. The van der Waals surface area contributed by atoms with Crippen LogP contribution in [-0.4, -0.2) is 22.4 Å². The molecule has 156 valence electrons. The van der Waals surface area contributed by atoms with Crippen LogP contribution in [0.2, 0.25) is 0 Å². The lowest BCUT2D eigenvalue weighted by atomic mass is 10.1. The molecule has 0 radical (unpaired) electrons. The van der Waals surface area contributed by atoms with E-state index in [9.17, 15) is 14.9 Å². The number of non-ortho nitro benzene ring substituents is 1. The largest absolute Gasteiger partial charge is 0.484 e. The molecule has 0 aliphatic rings. The minimum absolute atomic E-state index is 0.0436. The molecule has 0 spiro atoms. The van der Waals surface area contributed by atoms with Crippen LogP contribution in [0.15, 0.2) is 65.1 Å². The van der Waals surface area contributed by atoms with Gasteiger partial charge in [-0.2, -0.15) is 0 Å². The number of amides is 1. The predicted octanol–water partition coefficient (Wildman–Crippen LogP) is 5.04. The summed E-state index contributed by atoms with van der Waals surface area (Å²) in [6.45, 7) is 3.80. The molecule has 1 amide bonds. The van der Waals surface area contributed by atoms with E-state index in [1.165, 1.54) is 29.8 Å². The Hall–Kier alpha value is -4.20. The molecule has 1 aromatic heterocycles. The summed E-state index contributed by atoms with van der Waals surface area (Å²) in [6, 6.07) is 16.8. The fourth-order valence-corrected chi connectivity index (χ4v) is 3.18. The van der Waals surface area contributed by atoms with Crippen molar-refractivity contribution in [2.24, 2.45) is 0 Å². The summed E-state index contributed by atoms with van der Waals surface area (Å²) in [6.07, 6.45) is 0. The minimum atomic E-state index is -0.498. The van der Waals surface area contributed by atoms with Crippen LogP contribution in [0.25, 0.3) is 22.6 Å². The normalized spacial score (nSPS) is 10.8. The number of carbonyl (C=O) groups excluding carboxylic acids is 1. The van der Waals surface area contributed by atoms with Gasteiger partial charge in [-0.05, 0) is 55.8 Å². The number of aromatic nitrogens is 1. The number of nitrogens with zero attached hydrogens (tertiary/aromatic N) is 2. The van der Waals surface area contributed by atoms with Gasteiger partial charge in [-0.15, -0.1) is 0 Å². The van der Waals surface area contributed by atoms with Gasteiger partial charge in [0.25, 0.3) is 11.6 Å². The van der Waals surface area contributed by atoms with Crippen LogP contribution in [0.1, 0.15) is 11.1 Å². The number of benzene rings is 3. The Kier molecular flexibility index (Phi) is 5.36. The number of oxazole rings is 1. The average molecular weight is 417 g/mol. The van der Waals surface area contributed by atoms with Crippen LogP contribution >= 0.6 is 0 Å². The molecule has 0 unspecified atom stereocenters. The molecule has 31 heavy (non-hydrogen) atoms. The van der Waals surface area contributed by atoms with Crippen LogP contribution in [0.5, 0.6) is 5.75 Å². The highest BCUT2D eigenvalue weighted by molar-refractivity contribution is 5.94. The zero-order valence-electron chi connectivity index (χ0n) is 16.9. The highest BCUT2D eigenvalue weighted by atomic mass is 16.6. The Balaban J connectivity index is 1.43. The van der Waals surface area contributed by atoms with Gasteiger partial charge in [-0.1, -0.05) is 17.7 Å². The van der Waals surface area contributed by atoms with Gasteiger partial charge in [-0.3, -0.25) is 14.9 Å². The van der Waals surface area contributed by atoms with Crippen LogP contribution in [-0.2, 0) is 4.79 Å². The molecule has 0 saturated heterocycles. The van der Waals surface area contributed by atoms with Crippen molar-refractivity contribution in [1.29, 1.82) is 0 Å². The Labute approximate surface area is 177 Å². The maximum atomic E-state index is 12.2. The first-order chi connectivity index (χ1) is 14.9. The lowest BCUT2D eigenvalue weighted by Gasteiger charge is -2.07. The molecule has 8 nitrogen and oxygen atoms in total. The topological polar surface area (TPSA) is 108 Å². The second-order valence-corrected chi connectivity index (χ2v) is 7.11. The molecule has 1 heterocycles. The molecular formula is C23H19N3O5. The molecule has 3 aromatic carbocycles. The maximum absolute atomic E-state index is 12.2. The lowest BCUT2D eigenvalue weighted by molar-refractivity contribution is -0.384. The highest BCUT2D eigenvalue weighted by Gasteiger charge is 2.12. The van der Waals surface area contributed by atoms with Gasteiger partial charge < -0.3 is 14.5 Å². The van der Waals surface area contributed by atoms with Gasteiger partial charge in [0.2, 0.25) is 5.89 Å². The number of carbonyl (C=O) groups is 1. The van der Waals surface area contributed by atoms with E-state index in [1.54, 1.807) is 18.2 Å². The molecule has 0 fully saturated rings. The number of nitro benzene ring substituents is 1. The number of fused-ring (bicyclic) bond motifs is 1. The molecular weight excluding hydrogens is 398 g/mol. The van der Waals surface area contributed by atoms with E-state index in [4.69, 9.17) is 9.15 Å². The van der Waals surface area contributed by atoms with Gasteiger partial charge in [0, 0.05) is 23.4 Å². The highest BCUT2D eigenvalue weighted by Crippen LogP contribution is 2.28. The standard InChI is InChI=1S/C23H19N3O5/c1-14-3-9-19(15(2)11-14)23-25-20-12-16(4-10-21(20)31-23)24-22(27)13-30-18-7-5-17(6-8-18)26(28)29/h3-12H,13H2,1-2H3,(H,24,27). The van der Waals surface area contributed by atoms with Gasteiger partial charge in [0.05, 0.1) is 4.92 Å². The monoisotopic (exact) mass is 417 g/mol. The molecule has 0 bridgehead atoms. The second kappa shape index (κ2) is 8.27. The lowest BCUT2D eigenvalue weighted by Crippen LogP contribution is -2.20. The van der Waals surface area contributed by atoms with Gasteiger partial charge in [0.1, 0.15) is 11.3 Å². The number of nitro groups is 1. The summed E-state index contributed by atoms with van der Waals surface area (Å²) < 4.78 is 11.2. The Morgan fingerprint density at radius 2 is 1.87 bits per heavy atom. The third-order valence-electron chi connectivity index (χ3n) is 4.70. The first-order valence-corrected chi connectivity index (χ1v) is 9.54. The molecule has 1 N–H and O–H groups in total.